The van der Waals surface area contributed by atoms with Crippen LogP contribution in [-0.4, -0.2) is 32.6 Å². The van der Waals surface area contributed by atoms with Crippen LogP contribution in [0.25, 0.3) is 0 Å². The fourth-order valence-electron chi connectivity index (χ4n) is 1.46. The molecule has 104 valence electrons. The van der Waals surface area contributed by atoms with Crippen LogP contribution in [0.3, 0.4) is 0 Å². The van der Waals surface area contributed by atoms with Gasteiger partial charge in [-0.2, -0.15) is 0 Å². The van der Waals surface area contributed by atoms with Gasteiger partial charge in [0.1, 0.15) is 11.6 Å². The van der Waals surface area contributed by atoms with Crippen molar-refractivity contribution in [1.29, 1.82) is 0 Å². The Morgan fingerprint density at radius 3 is 2.42 bits per heavy atom. The van der Waals surface area contributed by atoms with Crippen LogP contribution >= 0.6 is 0 Å². The first-order chi connectivity index (χ1) is 8.73. The number of nitrogens with one attached hydrogen (secondary N) is 2. The average Bonchev–Trinajstić information content (AvgIpc) is 2.29. The van der Waals surface area contributed by atoms with Gasteiger partial charge in [0.2, 0.25) is 0 Å². The number of aromatic nitrogens is 2. The second-order valence-electron chi connectivity index (χ2n) is 4.45. The van der Waals surface area contributed by atoms with Gasteiger partial charge >= 0.3 is 11.7 Å². The molecule has 0 saturated heterocycles. The van der Waals surface area contributed by atoms with E-state index in [2.05, 4.69) is 5.32 Å². The zero-order valence-electron chi connectivity index (χ0n) is 10.8. The topological polar surface area (TPSA) is 121 Å². The third-order valence-corrected chi connectivity index (χ3v) is 2.57. The Balaban J connectivity index is 3.08. The highest BCUT2D eigenvalue weighted by Gasteiger charge is 2.25. The van der Waals surface area contributed by atoms with Gasteiger partial charge in [-0.3, -0.25) is 14.6 Å². The summed E-state index contributed by atoms with van der Waals surface area (Å²) in [5.74, 6) is -2.37. The lowest BCUT2D eigenvalue weighted by Gasteiger charge is -2.17. The van der Waals surface area contributed by atoms with Crippen LogP contribution < -0.4 is 16.6 Å². The van der Waals surface area contributed by atoms with E-state index in [-0.39, 0.29) is 11.5 Å². The first kappa shape index (κ1) is 14.7. The molecule has 1 aromatic rings. The Hall–Kier alpha value is -2.38. The van der Waals surface area contributed by atoms with Crippen molar-refractivity contribution < 1.29 is 14.7 Å². The Labute approximate surface area is 108 Å². The summed E-state index contributed by atoms with van der Waals surface area (Å²) < 4.78 is 1.03. The SMILES string of the molecule is CC(C)[C@H](NC(=O)c1cn(C)c(=O)[nH]c1=O)C(=O)O. The first-order valence-electron chi connectivity index (χ1n) is 5.57. The zero-order chi connectivity index (χ0) is 14.7. The highest BCUT2D eigenvalue weighted by atomic mass is 16.4. The number of aliphatic carboxylic acids is 1. The minimum absolute atomic E-state index is 0.311. The summed E-state index contributed by atoms with van der Waals surface area (Å²) in [5.41, 5.74) is -1.82. The molecule has 0 aliphatic rings. The summed E-state index contributed by atoms with van der Waals surface area (Å²) in [4.78, 5) is 47.4. The van der Waals surface area contributed by atoms with E-state index in [4.69, 9.17) is 5.11 Å². The van der Waals surface area contributed by atoms with Gasteiger partial charge in [-0.1, -0.05) is 13.8 Å². The molecule has 0 aliphatic heterocycles. The molecule has 1 aromatic heterocycles. The predicted molar refractivity (Wildman–Crippen MR) is 66.0 cm³/mol. The van der Waals surface area contributed by atoms with Crippen LogP contribution in [0.15, 0.2) is 15.8 Å². The number of rotatable bonds is 4. The van der Waals surface area contributed by atoms with E-state index in [9.17, 15) is 19.2 Å². The van der Waals surface area contributed by atoms with Crippen LogP contribution in [0.4, 0.5) is 0 Å². The Morgan fingerprint density at radius 2 is 1.95 bits per heavy atom. The molecule has 1 amide bonds. The number of carboxylic acid groups (broad SMARTS) is 1. The molecule has 0 aliphatic carbocycles. The van der Waals surface area contributed by atoms with Crippen molar-refractivity contribution in [1.82, 2.24) is 14.9 Å². The second-order valence-corrected chi connectivity index (χ2v) is 4.45. The van der Waals surface area contributed by atoms with Gasteiger partial charge in [0.15, 0.2) is 0 Å². The smallest absolute Gasteiger partial charge is 0.328 e. The highest BCUT2D eigenvalue weighted by Crippen LogP contribution is 2.02. The number of hydrogen-bond donors (Lipinski definition) is 3. The summed E-state index contributed by atoms with van der Waals surface area (Å²) in [7, 11) is 1.37. The summed E-state index contributed by atoms with van der Waals surface area (Å²) in [6.07, 6.45) is 1.07. The number of hydrogen-bond acceptors (Lipinski definition) is 4. The minimum atomic E-state index is -1.19. The van der Waals surface area contributed by atoms with Gasteiger partial charge in [0, 0.05) is 13.2 Å². The largest absolute Gasteiger partial charge is 0.480 e. The maximum absolute atomic E-state index is 11.8. The van der Waals surface area contributed by atoms with Crippen molar-refractivity contribution in [3.8, 4) is 0 Å². The van der Waals surface area contributed by atoms with Crippen molar-refractivity contribution in [2.75, 3.05) is 0 Å². The normalized spacial score (nSPS) is 12.2. The predicted octanol–water partition coefficient (Wildman–Crippen LogP) is -1.09. The van der Waals surface area contributed by atoms with Gasteiger partial charge in [0.05, 0.1) is 0 Å². The van der Waals surface area contributed by atoms with Crippen molar-refractivity contribution in [2.24, 2.45) is 13.0 Å². The van der Waals surface area contributed by atoms with E-state index in [0.717, 1.165) is 10.8 Å². The molecule has 1 heterocycles. The summed E-state index contributed by atoms with van der Waals surface area (Å²) in [5, 5.41) is 11.2. The van der Waals surface area contributed by atoms with E-state index in [1.807, 2.05) is 4.98 Å². The molecule has 1 rings (SSSR count). The van der Waals surface area contributed by atoms with Crippen molar-refractivity contribution in [3.63, 3.8) is 0 Å². The van der Waals surface area contributed by atoms with Crippen LogP contribution in [0, 0.1) is 5.92 Å². The first-order valence-corrected chi connectivity index (χ1v) is 5.57. The maximum Gasteiger partial charge on any atom is 0.328 e. The minimum Gasteiger partial charge on any atom is -0.480 e. The molecule has 8 heteroatoms. The molecule has 3 N–H and O–H groups in total. The number of carbonyl (C=O) groups excluding carboxylic acids is 1. The Kier molecular flexibility index (Phi) is 4.26. The van der Waals surface area contributed by atoms with Crippen molar-refractivity contribution in [3.05, 3.63) is 32.6 Å². The van der Waals surface area contributed by atoms with Crippen LogP contribution in [0.5, 0.6) is 0 Å². The van der Waals surface area contributed by atoms with E-state index in [1.165, 1.54) is 7.05 Å². The third kappa shape index (κ3) is 3.30. The molecule has 0 unspecified atom stereocenters. The molecular formula is C11H15N3O5. The molecule has 0 fully saturated rings. The number of nitrogens with zero attached hydrogens (tertiary/aromatic N) is 1. The van der Waals surface area contributed by atoms with Gasteiger partial charge in [-0.15, -0.1) is 0 Å². The molecule has 0 bridgehead atoms. The molecular weight excluding hydrogens is 254 g/mol. The number of carboxylic acids is 1. The lowest BCUT2D eigenvalue weighted by Crippen LogP contribution is -2.46. The van der Waals surface area contributed by atoms with Crippen LogP contribution in [0.1, 0.15) is 24.2 Å². The zero-order valence-corrected chi connectivity index (χ0v) is 10.8. The Bertz CT molecular complexity index is 613. The molecule has 8 nitrogen and oxygen atoms in total. The fourth-order valence-corrected chi connectivity index (χ4v) is 1.46. The lowest BCUT2D eigenvalue weighted by atomic mass is 10.0. The molecule has 0 aromatic carbocycles. The van der Waals surface area contributed by atoms with E-state index >= 15 is 0 Å². The third-order valence-electron chi connectivity index (χ3n) is 2.57. The number of carbonyl (C=O) groups is 2. The number of H-pyrrole nitrogens is 1. The van der Waals surface area contributed by atoms with Gasteiger partial charge in [0.25, 0.3) is 11.5 Å². The number of amides is 1. The van der Waals surface area contributed by atoms with Gasteiger partial charge in [-0.25, -0.2) is 9.59 Å². The number of aromatic amines is 1. The number of aryl methyl sites for hydroxylation is 1. The summed E-state index contributed by atoms with van der Waals surface area (Å²) >= 11 is 0. The second kappa shape index (κ2) is 5.51. The fraction of sp³-hybridized carbons (Fsp3) is 0.455. The lowest BCUT2D eigenvalue weighted by molar-refractivity contribution is -0.140. The quantitative estimate of drug-likeness (QED) is 0.641. The van der Waals surface area contributed by atoms with E-state index < -0.39 is 29.2 Å². The standard InChI is InChI=1S/C11H15N3O5/c1-5(2)7(10(17)18)12-8(15)6-4-14(3)11(19)13-9(6)16/h4-5,7H,1-3H3,(H,12,15)(H,17,18)(H,13,16,19)/t7-/m0/s1. The highest BCUT2D eigenvalue weighted by molar-refractivity contribution is 5.96. The Morgan fingerprint density at radius 1 is 1.37 bits per heavy atom. The van der Waals surface area contributed by atoms with Gasteiger partial charge < -0.3 is 15.0 Å². The monoisotopic (exact) mass is 269 g/mol. The van der Waals surface area contributed by atoms with Crippen molar-refractivity contribution in [2.45, 2.75) is 19.9 Å². The van der Waals surface area contributed by atoms with Crippen molar-refractivity contribution >= 4 is 11.9 Å². The molecule has 0 spiro atoms. The average molecular weight is 269 g/mol. The maximum atomic E-state index is 11.8. The molecule has 1 atom stereocenters. The van der Waals surface area contributed by atoms with E-state index in [0.29, 0.717) is 0 Å². The van der Waals surface area contributed by atoms with E-state index in [1.54, 1.807) is 13.8 Å². The molecule has 0 saturated carbocycles. The summed E-state index contributed by atoms with van der Waals surface area (Å²) in [6, 6.07) is -1.11. The summed E-state index contributed by atoms with van der Waals surface area (Å²) in [6.45, 7) is 3.26. The molecule has 0 radical (unpaired) electrons. The van der Waals surface area contributed by atoms with Crippen LogP contribution in [0.2, 0.25) is 0 Å². The van der Waals surface area contributed by atoms with Crippen LogP contribution in [-0.2, 0) is 11.8 Å². The molecule has 19 heavy (non-hydrogen) atoms. The van der Waals surface area contributed by atoms with Gasteiger partial charge in [-0.05, 0) is 5.92 Å².